The van der Waals surface area contributed by atoms with Crippen molar-refractivity contribution in [1.82, 2.24) is 0 Å². The van der Waals surface area contributed by atoms with E-state index in [1.54, 1.807) is 0 Å². The van der Waals surface area contributed by atoms with Gasteiger partial charge in [-0.2, -0.15) is 23.5 Å². The van der Waals surface area contributed by atoms with Crippen molar-refractivity contribution in [3.05, 3.63) is 0 Å². The Hall–Kier alpha value is 0.990. The molecule has 2 unspecified atom stereocenters. The van der Waals surface area contributed by atoms with E-state index in [0.29, 0.717) is 5.38 Å². The lowest BCUT2D eigenvalue weighted by Crippen LogP contribution is -2.11. The molecular weight excluding hydrogens is 208 g/mol. The maximum Gasteiger partial charge on any atom is 0.0462 e. The number of halogens is 1. The van der Waals surface area contributed by atoms with Crippen LogP contribution in [0.5, 0.6) is 0 Å². The Bertz CT molecular complexity index is 119. The Morgan fingerprint density at radius 1 is 1.50 bits per heavy atom. The van der Waals surface area contributed by atoms with Gasteiger partial charge in [-0.15, -0.1) is 11.6 Å². The number of hydrogen-bond donors (Lipinski definition) is 0. The van der Waals surface area contributed by atoms with E-state index in [1.807, 2.05) is 23.5 Å². The molecule has 1 rings (SSSR count). The van der Waals surface area contributed by atoms with Crippen LogP contribution >= 0.6 is 35.1 Å². The van der Waals surface area contributed by atoms with E-state index in [2.05, 4.69) is 6.92 Å². The second kappa shape index (κ2) is 6.44. The van der Waals surface area contributed by atoms with Gasteiger partial charge in [0.05, 0.1) is 0 Å². The summed E-state index contributed by atoms with van der Waals surface area (Å²) in [6, 6.07) is 0. The lowest BCUT2D eigenvalue weighted by Gasteiger charge is -2.11. The SMILES string of the molecule is CCSCCCC1CSCC1Cl. The van der Waals surface area contributed by atoms with Crippen molar-refractivity contribution in [2.45, 2.75) is 25.1 Å². The monoisotopic (exact) mass is 224 g/mol. The van der Waals surface area contributed by atoms with E-state index >= 15 is 0 Å². The highest BCUT2D eigenvalue weighted by Gasteiger charge is 2.24. The lowest BCUT2D eigenvalue weighted by atomic mass is 10.0. The highest BCUT2D eigenvalue weighted by atomic mass is 35.5. The fourth-order valence-corrected chi connectivity index (χ4v) is 4.01. The van der Waals surface area contributed by atoms with Crippen LogP contribution in [0.1, 0.15) is 19.8 Å². The molecule has 0 aromatic carbocycles. The second-order valence-corrected chi connectivity index (χ2v) is 6.18. The van der Waals surface area contributed by atoms with Crippen LogP contribution in [0.2, 0.25) is 0 Å². The van der Waals surface area contributed by atoms with Crippen LogP contribution in [0, 0.1) is 5.92 Å². The summed E-state index contributed by atoms with van der Waals surface area (Å²) in [7, 11) is 0. The van der Waals surface area contributed by atoms with Crippen LogP contribution in [0.15, 0.2) is 0 Å². The minimum absolute atomic E-state index is 0.460. The normalized spacial score (nSPS) is 29.5. The average molecular weight is 225 g/mol. The summed E-state index contributed by atoms with van der Waals surface area (Å²) < 4.78 is 0. The standard InChI is InChI=1S/C9H17ClS2/c1-2-11-5-3-4-8-6-12-7-9(8)10/h8-9H,2-7H2,1H3. The molecule has 0 spiro atoms. The summed E-state index contributed by atoms with van der Waals surface area (Å²) in [5, 5.41) is 0.460. The zero-order chi connectivity index (χ0) is 8.81. The molecule has 1 saturated heterocycles. The molecule has 1 fully saturated rings. The van der Waals surface area contributed by atoms with Gasteiger partial charge in [-0.3, -0.25) is 0 Å². The number of thioether (sulfide) groups is 2. The van der Waals surface area contributed by atoms with E-state index in [9.17, 15) is 0 Å². The maximum absolute atomic E-state index is 6.16. The van der Waals surface area contributed by atoms with Gasteiger partial charge in [0.15, 0.2) is 0 Å². The minimum Gasteiger partial charge on any atom is -0.162 e. The summed E-state index contributed by atoms with van der Waals surface area (Å²) in [6.45, 7) is 2.22. The Kier molecular flexibility index (Phi) is 5.94. The highest BCUT2D eigenvalue weighted by molar-refractivity contribution is 7.99. The molecular formula is C9H17ClS2. The van der Waals surface area contributed by atoms with Crippen LogP contribution in [0.4, 0.5) is 0 Å². The molecule has 0 saturated carbocycles. The third-order valence-electron chi connectivity index (χ3n) is 2.19. The van der Waals surface area contributed by atoms with Crippen molar-refractivity contribution in [3.63, 3.8) is 0 Å². The van der Waals surface area contributed by atoms with Gasteiger partial charge in [-0.1, -0.05) is 6.92 Å². The Morgan fingerprint density at radius 3 is 2.92 bits per heavy atom. The molecule has 0 N–H and O–H groups in total. The largest absolute Gasteiger partial charge is 0.162 e. The van der Waals surface area contributed by atoms with Crippen LogP contribution < -0.4 is 0 Å². The smallest absolute Gasteiger partial charge is 0.0462 e. The zero-order valence-corrected chi connectivity index (χ0v) is 9.98. The quantitative estimate of drug-likeness (QED) is 0.518. The van der Waals surface area contributed by atoms with Gasteiger partial charge >= 0.3 is 0 Å². The van der Waals surface area contributed by atoms with E-state index in [-0.39, 0.29) is 0 Å². The van der Waals surface area contributed by atoms with Gasteiger partial charge in [0.1, 0.15) is 0 Å². The van der Waals surface area contributed by atoms with Gasteiger partial charge < -0.3 is 0 Å². The first-order chi connectivity index (χ1) is 5.84. The lowest BCUT2D eigenvalue weighted by molar-refractivity contribution is 0.546. The van der Waals surface area contributed by atoms with E-state index in [1.165, 1.54) is 35.9 Å². The third kappa shape index (κ3) is 3.80. The van der Waals surface area contributed by atoms with Crippen molar-refractivity contribution in [2.75, 3.05) is 23.0 Å². The van der Waals surface area contributed by atoms with E-state index in [0.717, 1.165) is 5.92 Å². The molecule has 12 heavy (non-hydrogen) atoms. The average Bonchev–Trinajstić information content (AvgIpc) is 2.46. The van der Waals surface area contributed by atoms with Crippen molar-refractivity contribution in [2.24, 2.45) is 5.92 Å². The predicted molar refractivity (Wildman–Crippen MR) is 62.7 cm³/mol. The summed E-state index contributed by atoms with van der Waals surface area (Å²) >= 11 is 10.2. The molecule has 1 aliphatic rings. The number of rotatable bonds is 5. The molecule has 0 nitrogen and oxygen atoms in total. The van der Waals surface area contributed by atoms with Gasteiger partial charge in [-0.05, 0) is 36.0 Å². The van der Waals surface area contributed by atoms with Crippen molar-refractivity contribution in [1.29, 1.82) is 0 Å². The second-order valence-electron chi connectivity index (χ2n) is 3.15. The first-order valence-electron chi connectivity index (χ1n) is 4.64. The molecule has 3 heteroatoms. The Balaban J connectivity index is 1.98. The van der Waals surface area contributed by atoms with Crippen LogP contribution in [0.25, 0.3) is 0 Å². The zero-order valence-electron chi connectivity index (χ0n) is 7.59. The molecule has 1 heterocycles. The van der Waals surface area contributed by atoms with Crippen LogP contribution in [-0.4, -0.2) is 28.4 Å². The first kappa shape index (κ1) is 11.1. The van der Waals surface area contributed by atoms with Gasteiger partial charge in [-0.25, -0.2) is 0 Å². The molecule has 0 bridgehead atoms. The molecule has 0 aromatic rings. The summed E-state index contributed by atoms with van der Waals surface area (Å²) in [6.07, 6.45) is 2.70. The van der Waals surface area contributed by atoms with Crippen molar-refractivity contribution in [3.8, 4) is 0 Å². The predicted octanol–water partition coefficient (Wildman–Crippen LogP) is 3.49. The van der Waals surface area contributed by atoms with E-state index in [4.69, 9.17) is 11.6 Å². The molecule has 1 aliphatic heterocycles. The molecule has 0 amide bonds. The topological polar surface area (TPSA) is 0 Å². The molecule has 72 valence electrons. The summed E-state index contributed by atoms with van der Waals surface area (Å²) in [4.78, 5) is 0. The number of alkyl halides is 1. The number of hydrogen-bond acceptors (Lipinski definition) is 2. The van der Waals surface area contributed by atoms with Gasteiger partial charge in [0.25, 0.3) is 0 Å². The van der Waals surface area contributed by atoms with Crippen molar-refractivity contribution >= 4 is 35.1 Å². The van der Waals surface area contributed by atoms with Crippen LogP contribution in [0.3, 0.4) is 0 Å². The molecule has 0 aromatic heterocycles. The highest BCUT2D eigenvalue weighted by Crippen LogP contribution is 2.31. The summed E-state index contributed by atoms with van der Waals surface area (Å²) in [5.74, 6) is 5.84. The molecule has 0 radical (unpaired) electrons. The van der Waals surface area contributed by atoms with Crippen LogP contribution in [-0.2, 0) is 0 Å². The minimum atomic E-state index is 0.460. The Labute approximate surface area is 89.2 Å². The molecule has 0 aliphatic carbocycles. The first-order valence-corrected chi connectivity index (χ1v) is 7.38. The molecule has 2 atom stereocenters. The van der Waals surface area contributed by atoms with Crippen molar-refractivity contribution < 1.29 is 0 Å². The third-order valence-corrected chi connectivity index (χ3v) is 5.13. The van der Waals surface area contributed by atoms with Gasteiger partial charge in [0, 0.05) is 11.1 Å². The van der Waals surface area contributed by atoms with Gasteiger partial charge in [0.2, 0.25) is 0 Å². The fraction of sp³-hybridized carbons (Fsp3) is 1.00. The maximum atomic E-state index is 6.16. The van der Waals surface area contributed by atoms with E-state index < -0.39 is 0 Å². The fourth-order valence-electron chi connectivity index (χ4n) is 1.43. The Morgan fingerprint density at radius 2 is 2.33 bits per heavy atom. The summed E-state index contributed by atoms with van der Waals surface area (Å²) in [5.41, 5.74) is 0.